The normalized spacial score (nSPS) is 10.9. The predicted octanol–water partition coefficient (Wildman–Crippen LogP) is 4.80. The summed E-state index contributed by atoms with van der Waals surface area (Å²) in [6.07, 6.45) is 0.951. The van der Waals surface area contributed by atoms with Crippen LogP contribution in [0.5, 0.6) is 0 Å². The summed E-state index contributed by atoms with van der Waals surface area (Å²) in [6, 6.07) is 26.6. The van der Waals surface area contributed by atoms with Crippen LogP contribution < -0.4 is 9.88 Å². The molecule has 0 aliphatic carbocycles. The first-order valence-corrected chi connectivity index (χ1v) is 10.8. The zero-order valence-electron chi connectivity index (χ0n) is 16.4. The van der Waals surface area contributed by atoms with Gasteiger partial charge in [0.2, 0.25) is 5.91 Å². The Kier molecular flexibility index (Phi) is 5.96. The molecule has 4 rings (SSSR count). The zero-order valence-corrected chi connectivity index (χ0v) is 17.2. The Balaban J connectivity index is 1.51. The average molecular weight is 403 g/mol. The molecular weight excluding hydrogens is 378 g/mol. The van der Waals surface area contributed by atoms with E-state index in [9.17, 15) is 4.79 Å². The summed E-state index contributed by atoms with van der Waals surface area (Å²) in [4.78, 5) is 16.0. The Morgan fingerprint density at radius 3 is 2.55 bits per heavy atom. The number of rotatable bonds is 7. The molecule has 0 saturated heterocycles. The molecule has 1 amide bonds. The lowest BCUT2D eigenvalue weighted by atomic mass is 10.1. The van der Waals surface area contributed by atoms with E-state index in [4.69, 9.17) is 0 Å². The fourth-order valence-corrected chi connectivity index (χ4v) is 4.18. The first-order chi connectivity index (χ1) is 14.2. The van der Waals surface area contributed by atoms with Gasteiger partial charge in [-0.05, 0) is 53.6 Å². The van der Waals surface area contributed by atoms with Crippen LogP contribution in [-0.2, 0) is 17.8 Å². The summed E-state index contributed by atoms with van der Waals surface area (Å²) < 4.78 is 2.24. The van der Waals surface area contributed by atoms with Crippen LogP contribution in [0.4, 0.5) is 5.69 Å². The van der Waals surface area contributed by atoms with E-state index in [1.165, 1.54) is 22.9 Å². The van der Waals surface area contributed by atoms with E-state index in [1.807, 2.05) is 36.4 Å². The molecule has 146 valence electrons. The van der Waals surface area contributed by atoms with Gasteiger partial charge in [-0.25, -0.2) is 9.55 Å². The molecular formula is C24H24N3OS+. The molecule has 0 aliphatic rings. The maximum atomic E-state index is 12.5. The smallest absolute Gasteiger partial charge is 0.317 e. The van der Waals surface area contributed by atoms with Gasteiger partial charge in [-0.3, -0.25) is 4.79 Å². The zero-order chi connectivity index (χ0) is 20.1. The van der Waals surface area contributed by atoms with E-state index in [0.29, 0.717) is 5.75 Å². The van der Waals surface area contributed by atoms with Crippen LogP contribution in [0.25, 0.3) is 11.0 Å². The number of hydrogen-bond acceptors (Lipinski definition) is 2. The highest BCUT2D eigenvalue weighted by Gasteiger charge is 2.20. The molecule has 0 bridgehead atoms. The van der Waals surface area contributed by atoms with Crippen molar-refractivity contribution in [2.24, 2.45) is 0 Å². The van der Waals surface area contributed by atoms with Crippen LogP contribution in [0.1, 0.15) is 18.1 Å². The Hall–Kier alpha value is -3.05. The number of aromatic amines is 1. The van der Waals surface area contributed by atoms with Gasteiger partial charge >= 0.3 is 5.16 Å². The lowest BCUT2D eigenvalue weighted by molar-refractivity contribution is -0.700. The number of aromatic nitrogens is 2. The third-order valence-corrected chi connectivity index (χ3v) is 5.83. The fourth-order valence-electron chi connectivity index (χ4n) is 3.34. The van der Waals surface area contributed by atoms with E-state index >= 15 is 0 Å². The monoisotopic (exact) mass is 402 g/mol. The van der Waals surface area contributed by atoms with Crippen molar-refractivity contribution >= 4 is 34.4 Å². The SMILES string of the molecule is CCc1cccc(NC(=O)CSc2[nH]c3ccccc3[n+]2Cc2ccccc2)c1. The van der Waals surface area contributed by atoms with E-state index in [-0.39, 0.29) is 5.91 Å². The Morgan fingerprint density at radius 2 is 1.72 bits per heavy atom. The maximum Gasteiger partial charge on any atom is 0.317 e. The van der Waals surface area contributed by atoms with Gasteiger partial charge < -0.3 is 5.32 Å². The summed E-state index contributed by atoms with van der Waals surface area (Å²) in [5.41, 5.74) is 5.50. The number of fused-ring (bicyclic) bond motifs is 1. The van der Waals surface area contributed by atoms with Gasteiger partial charge in [-0.1, -0.05) is 61.5 Å². The molecule has 3 aromatic carbocycles. The van der Waals surface area contributed by atoms with Crippen molar-refractivity contribution in [3.05, 3.63) is 90.0 Å². The van der Waals surface area contributed by atoms with Crippen LogP contribution in [0.15, 0.2) is 84.0 Å². The van der Waals surface area contributed by atoms with E-state index in [1.54, 1.807) is 0 Å². The first kappa shape index (κ1) is 19.3. The van der Waals surface area contributed by atoms with Crippen LogP contribution in [-0.4, -0.2) is 16.6 Å². The molecule has 4 nitrogen and oxygen atoms in total. The Labute approximate surface area is 175 Å². The summed E-state index contributed by atoms with van der Waals surface area (Å²) in [5.74, 6) is 0.339. The maximum absolute atomic E-state index is 12.5. The number of imidazole rings is 1. The molecule has 0 fully saturated rings. The number of anilines is 1. The van der Waals surface area contributed by atoms with Gasteiger partial charge in [0.1, 0.15) is 6.54 Å². The molecule has 0 saturated carbocycles. The van der Waals surface area contributed by atoms with Gasteiger partial charge in [-0.15, -0.1) is 0 Å². The van der Waals surface area contributed by atoms with Crippen LogP contribution in [0.3, 0.4) is 0 Å². The van der Waals surface area contributed by atoms with Crippen molar-refractivity contribution in [2.75, 3.05) is 11.1 Å². The van der Waals surface area contributed by atoms with Crippen molar-refractivity contribution in [3.63, 3.8) is 0 Å². The number of carbonyl (C=O) groups excluding carboxylic acids is 1. The molecule has 0 atom stereocenters. The molecule has 0 aliphatic heterocycles. The highest BCUT2D eigenvalue weighted by Crippen LogP contribution is 2.19. The number of benzene rings is 3. The summed E-state index contributed by atoms with van der Waals surface area (Å²) in [7, 11) is 0. The van der Waals surface area contributed by atoms with Crippen LogP contribution >= 0.6 is 11.8 Å². The quantitative estimate of drug-likeness (QED) is 0.345. The third-order valence-electron chi connectivity index (χ3n) is 4.82. The fraction of sp³-hybridized carbons (Fsp3) is 0.167. The Bertz CT molecular complexity index is 1120. The second-order valence-corrected chi connectivity index (χ2v) is 7.87. The molecule has 29 heavy (non-hydrogen) atoms. The molecule has 2 N–H and O–H groups in total. The summed E-state index contributed by atoms with van der Waals surface area (Å²) in [6.45, 7) is 2.87. The highest BCUT2D eigenvalue weighted by atomic mass is 32.2. The van der Waals surface area contributed by atoms with Gasteiger partial charge in [0, 0.05) is 5.69 Å². The van der Waals surface area contributed by atoms with E-state index < -0.39 is 0 Å². The van der Waals surface area contributed by atoms with Gasteiger partial charge in [0.25, 0.3) is 0 Å². The number of carbonyl (C=O) groups is 1. The van der Waals surface area contributed by atoms with Crippen molar-refractivity contribution in [1.29, 1.82) is 0 Å². The third kappa shape index (κ3) is 4.69. The predicted molar refractivity (Wildman–Crippen MR) is 119 cm³/mol. The number of thioether (sulfide) groups is 1. The lowest BCUT2D eigenvalue weighted by Gasteiger charge is -2.06. The van der Waals surface area contributed by atoms with Gasteiger partial charge in [0.15, 0.2) is 11.0 Å². The molecule has 0 spiro atoms. The number of nitrogens with one attached hydrogen (secondary N) is 2. The summed E-state index contributed by atoms with van der Waals surface area (Å²) in [5, 5.41) is 3.99. The number of nitrogens with zero attached hydrogens (tertiary/aromatic N) is 1. The molecule has 5 heteroatoms. The number of para-hydroxylation sites is 2. The van der Waals surface area contributed by atoms with Crippen molar-refractivity contribution < 1.29 is 9.36 Å². The summed E-state index contributed by atoms with van der Waals surface area (Å²) >= 11 is 1.52. The van der Waals surface area contributed by atoms with E-state index in [2.05, 4.69) is 64.3 Å². The second kappa shape index (κ2) is 8.97. The molecule has 0 radical (unpaired) electrons. The van der Waals surface area contributed by atoms with Crippen molar-refractivity contribution in [2.45, 2.75) is 25.0 Å². The second-order valence-electron chi connectivity index (χ2n) is 6.91. The number of H-pyrrole nitrogens is 1. The van der Waals surface area contributed by atoms with Gasteiger partial charge in [-0.2, -0.15) is 0 Å². The van der Waals surface area contributed by atoms with Crippen molar-refractivity contribution in [1.82, 2.24) is 4.98 Å². The highest BCUT2D eigenvalue weighted by molar-refractivity contribution is 7.99. The van der Waals surface area contributed by atoms with Gasteiger partial charge in [0.05, 0.1) is 5.75 Å². The average Bonchev–Trinajstić information content (AvgIpc) is 3.10. The van der Waals surface area contributed by atoms with Crippen LogP contribution in [0, 0.1) is 0 Å². The van der Waals surface area contributed by atoms with Crippen molar-refractivity contribution in [3.8, 4) is 0 Å². The number of hydrogen-bond donors (Lipinski definition) is 2. The largest absolute Gasteiger partial charge is 0.325 e. The number of aryl methyl sites for hydroxylation is 1. The topological polar surface area (TPSA) is 48.8 Å². The van der Waals surface area contributed by atoms with Crippen LogP contribution in [0.2, 0.25) is 0 Å². The number of amides is 1. The lowest BCUT2D eigenvalue weighted by Crippen LogP contribution is -2.35. The minimum Gasteiger partial charge on any atom is -0.325 e. The molecule has 0 unspecified atom stereocenters. The molecule has 1 heterocycles. The molecule has 1 aromatic heterocycles. The molecule has 4 aromatic rings. The van der Waals surface area contributed by atoms with E-state index in [0.717, 1.165) is 34.8 Å². The minimum absolute atomic E-state index is 0.00632. The standard InChI is InChI=1S/C24H23N3OS/c1-2-18-11-8-12-20(15-18)25-23(28)17-29-24-26-21-13-6-7-14-22(21)27(24)16-19-9-4-3-5-10-19/h3-15H,2,16-17H2,1H3,(H,25,28)/p+1. The Morgan fingerprint density at radius 1 is 0.966 bits per heavy atom. The minimum atomic E-state index is -0.00632. The first-order valence-electron chi connectivity index (χ1n) is 9.79.